The Hall–Kier alpha value is -0.630. The van der Waals surface area contributed by atoms with Crippen molar-refractivity contribution in [3.63, 3.8) is 0 Å². The summed E-state index contributed by atoms with van der Waals surface area (Å²) < 4.78 is 0. The maximum Gasteiger partial charge on any atom is 0.158 e. The van der Waals surface area contributed by atoms with E-state index >= 15 is 0 Å². The molecule has 0 aromatic carbocycles. The van der Waals surface area contributed by atoms with Crippen LogP contribution < -0.4 is 0 Å². The number of ketones is 1. The van der Waals surface area contributed by atoms with Gasteiger partial charge < -0.3 is 5.11 Å². The lowest BCUT2D eigenvalue weighted by molar-refractivity contribution is -0.116. The first-order valence-electron chi connectivity index (χ1n) is 4.72. The van der Waals surface area contributed by atoms with Gasteiger partial charge in [-0.05, 0) is 43.3 Å². The van der Waals surface area contributed by atoms with E-state index in [1.165, 1.54) is 0 Å². The van der Waals surface area contributed by atoms with Gasteiger partial charge in [0.05, 0.1) is 6.10 Å². The second-order valence-electron chi connectivity index (χ2n) is 3.69. The first-order chi connectivity index (χ1) is 5.79. The van der Waals surface area contributed by atoms with Crippen molar-refractivity contribution >= 4 is 5.78 Å². The van der Waals surface area contributed by atoms with Crippen LogP contribution in [0.1, 0.15) is 38.5 Å². The number of carbonyl (C=O) groups is 1. The fourth-order valence-electron chi connectivity index (χ4n) is 2.23. The van der Waals surface area contributed by atoms with Crippen LogP contribution in [0.3, 0.4) is 0 Å². The molecule has 0 bridgehead atoms. The first-order valence-corrected chi connectivity index (χ1v) is 4.72. The van der Waals surface area contributed by atoms with Gasteiger partial charge in [-0.1, -0.05) is 0 Å². The standard InChI is InChI=1S/C10H14O2/c11-9-5-1-3-7-8(9)4-2-6-10(7)12/h9,11H,1-6H2. The van der Waals surface area contributed by atoms with E-state index in [9.17, 15) is 9.90 Å². The maximum absolute atomic E-state index is 11.4. The Morgan fingerprint density at radius 1 is 1.17 bits per heavy atom. The molecule has 0 radical (unpaired) electrons. The summed E-state index contributed by atoms with van der Waals surface area (Å²) >= 11 is 0. The summed E-state index contributed by atoms with van der Waals surface area (Å²) in [4.78, 5) is 11.4. The summed E-state index contributed by atoms with van der Waals surface area (Å²) in [5.41, 5.74) is 2.01. The van der Waals surface area contributed by atoms with Crippen molar-refractivity contribution in [1.29, 1.82) is 0 Å². The van der Waals surface area contributed by atoms with Crippen molar-refractivity contribution in [2.45, 2.75) is 44.6 Å². The minimum atomic E-state index is -0.307. The van der Waals surface area contributed by atoms with Gasteiger partial charge in [0.2, 0.25) is 0 Å². The van der Waals surface area contributed by atoms with E-state index in [0.717, 1.165) is 43.3 Å². The zero-order valence-electron chi connectivity index (χ0n) is 7.18. The molecule has 0 saturated carbocycles. The lowest BCUT2D eigenvalue weighted by atomic mass is 9.80. The lowest BCUT2D eigenvalue weighted by Gasteiger charge is -2.27. The highest BCUT2D eigenvalue weighted by Crippen LogP contribution is 2.33. The molecule has 0 saturated heterocycles. The zero-order chi connectivity index (χ0) is 8.55. The predicted molar refractivity (Wildman–Crippen MR) is 45.7 cm³/mol. The van der Waals surface area contributed by atoms with Crippen molar-refractivity contribution in [3.8, 4) is 0 Å². The third-order valence-corrected chi connectivity index (χ3v) is 2.88. The fourth-order valence-corrected chi connectivity index (χ4v) is 2.23. The zero-order valence-corrected chi connectivity index (χ0v) is 7.18. The summed E-state index contributed by atoms with van der Waals surface area (Å²) in [5.74, 6) is 0.287. The van der Waals surface area contributed by atoms with Gasteiger partial charge in [-0.2, -0.15) is 0 Å². The SMILES string of the molecule is O=C1CCCC2=C1CCCC2O. The van der Waals surface area contributed by atoms with E-state index in [0.29, 0.717) is 6.42 Å². The molecule has 1 unspecified atom stereocenters. The molecule has 2 heteroatoms. The maximum atomic E-state index is 11.4. The molecule has 0 aliphatic heterocycles. The molecular weight excluding hydrogens is 152 g/mol. The van der Waals surface area contributed by atoms with Crippen LogP contribution in [0.5, 0.6) is 0 Å². The number of aliphatic hydroxyl groups excluding tert-OH is 1. The molecule has 0 aromatic rings. The molecule has 2 aliphatic rings. The molecule has 0 heterocycles. The number of rotatable bonds is 0. The van der Waals surface area contributed by atoms with Crippen molar-refractivity contribution in [3.05, 3.63) is 11.1 Å². The molecule has 0 amide bonds. The number of aliphatic hydroxyl groups is 1. The highest BCUT2D eigenvalue weighted by atomic mass is 16.3. The molecule has 2 nitrogen and oxygen atoms in total. The molecule has 1 N–H and O–H groups in total. The Labute approximate surface area is 72.3 Å². The summed E-state index contributed by atoms with van der Waals surface area (Å²) in [7, 11) is 0. The molecule has 2 aliphatic carbocycles. The largest absolute Gasteiger partial charge is 0.389 e. The van der Waals surface area contributed by atoms with Crippen LogP contribution in [0, 0.1) is 0 Å². The van der Waals surface area contributed by atoms with Gasteiger partial charge in [-0.3, -0.25) is 4.79 Å². The second-order valence-corrected chi connectivity index (χ2v) is 3.69. The van der Waals surface area contributed by atoms with Crippen LogP contribution in [0.4, 0.5) is 0 Å². The van der Waals surface area contributed by atoms with Crippen LogP contribution >= 0.6 is 0 Å². The molecule has 1 atom stereocenters. The minimum Gasteiger partial charge on any atom is -0.389 e. The minimum absolute atomic E-state index is 0.287. The van der Waals surface area contributed by atoms with E-state index in [1.807, 2.05) is 0 Å². The molecule has 0 spiro atoms. The number of carbonyl (C=O) groups excluding carboxylic acids is 1. The summed E-state index contributed by atoms with van der Waals surface area (Å²) in [6.07, 6.45) is 5.02. The Bertz CT molecular complexity index is 240. The summed E-state index contributed by atoms with van der Waals surface area (Å²) in [5, 5.41) is 9.61. The van der Waals surface area contributed by atoms with E-state index in [-0.39, 0.29) is 11.9 Å². The Balaban J connectivity index is 2.33. The summed E-state index contributed by atoms with van der Waals surface area (Å²) in [6, 6.07) is 0. The van der Waals surface area contributed by atoms with Crippen molar-refractivity contribution < 1.29 is 9.90 Å². The van der Waals surface area contributed by atoms with E-state index in [2.05, 4.69) is 0 Å². The van der Waals surface area contributed by atoms with Crippen molar-refractivity contribution in [2.24, 2.45) is 0 Å². The van der Waals surface area contributed by atoms with Gasteiger partial charge in [-0.15, -0.1) is 0 Å². The van der Waals surface area contributed by atoms with Gasteiger partial charge in [-0.25, -0.2) is 0 Å². The third kappa shape index (κ3) is 1.20. The molecule has 66 valence electrons. The lowest BCUT2D eigenvalue weighted by Crippen LogP contribution is -2.24. The van der Waals surface area contributed by atoms with Gasteiger partial charge in [0.25, 0.3) is 0 Å². The van der Waals surface area contributed by atoms with Crippen LogP contribution in [-0.4, -0.2) is 17.0 Å². The first kappa shape index (κ1) is 7.99. The van der Waals surface area contributed by atoms with Crippen molar-refractivity contribution in [1.82, 2.24) is 0 Å². The highest BCUT2D eigenvalue weighted by molar-refractivity contribution is 5.97. The topological polar surface area (TPSA) is 37.3 Å². The molecular formula is C10H14O2. The second kappa shape index (κ2) is 3.02. The van der Waals surface area contributed by atoms with E-state index in [4.69, 9.17) is 0 Å². The monoisotopic (exact) mass is 166 g/mol. The van der Waals surface area contributed by atoms with E-state index in [1.54, 1.807) is 0 Å². The number of allylic oxidation sites excluding steroid dienone is 1. The van der Waals surface area contributed by atoms with Gasteiger partial charge >= 0.3 is 0 Å². The highest BCUT2D eigenvalue weighted by Gasteiger charge is 2.27. The fraction of sp³-hybridized carbons (Fsp3) is 0.700. The van der Waals surface area contributed by atoms with Crippen LogP contribution in [0.2, 0.25) is 0 Å². The molecule has 0 fully saturated rings. The van der Waals surface area contributed by atoms with Crippen LogP contribution in [0.15, 0.2) is 11.1 Å². The Kier molecular flexibility index (Phi) is 2.01. The van der Waals surface area contributed by atoms with Gasteiger partial charge in [0.1, 0.15) is 0 Å². The average molecular weight is 166 g/mol. The van der Waals surface area contributed by atoms with Crippen LogP contribution in [-0.2, 0) is 4.79 Å². The number of Topliss-reactive ketones (excluding diaryl/α,β-unsaturated/α-hetero) is 1. The quantitative estimate of drug-likeness (QED) is 0.593. The molecule has 0 aromatic heterocycles. The molecule has 12 heavy (non-hydrogen) atoms. The number of hydrogen-bond acceptors (Lipinski definition) is 2. The van der Waals surface area contributed by atoms with Crippen molar-refractivity contribution in [2.75, 3.05) is 0 Å². The smallest absolute Gasteiger partial charge is 0.158 e. The van der Waals surface area contributed by atoms with Crippen LogP contribution in [0.25, 0.3) is 0 Å². The predicted octanol–water partition coefficient (Wildman–Crippen LogP) is 1.58. The Morgan fingerprint density at radius 2 is 2.00 bits per heavy atom. The summed E-state index contributed by atoms with van der Waals surface area (Å²) in [6.45, 7) is 0. The van der Waals surface area contributed by atoms with Gasteiger partial charge in [0.15, 0.2) is 5.78 Å². The third-order valence-electron chi connectivity index (χ3n) is 2.88. The van der Waals surface area contributed by atoms with E-state index < -0.39 is 0 Å². The van der Waals surface area contributed by atoms with Gasteiger partial charge in [0, 0.05) is 6.42 Å². The molecule has 2 rings (SSSR count). The normalized spacial score (nSPS) is 30.4. The Morgan fingerprint density at radius 3 is 2.75 bits per heavy atom. The number of hydrogen-bond donors (Lipinski definition) is 1. The average Bonchev–Trinajstić information content (AvgIpc) is 2.07.